The van der Waals surface area contributed by atoms with Crippen LogP contribution in [0, 0.1) is 13.8 Å². The first kappa shape index (κ1) is 17.1. The fourth-order valence-electron chi connectivity index (χ4n) is 3.83. The topological polar surface area (TPSA) is 44.8 Å². The van der Waals surface area contributed by atoms with Crippen LogP contribution in [0.5, 0.6) is 5.75 Å². The number of nitrogens with zero attached hydrogens (tertiary/aromatic N) is 2. The van der Waals surface area contributed by atoms with Crippen LogP contribution < -0.4 is 10.1 Å². The molecule has 5 heteroatoms. The van der Waals surface area contributed by atoms with Crippen LogP contribution in [0.1, 0.15) is 42.0 Å². The Bertz CT molecular complexity index is 615. The van der Waals surface area contributed by atoms with E-state index in [4.69, 9.17) is 4.74 Å². The van der Waals surface area contributed by atoms with Crippen molar-refractivity contribution in [1.82, 2.24) is 15.1 Å². The SMILES string of the molecule is Cc1cc(C)c2c(c1)[C@@H](NC(=O)N1CCC[C@@H](N(C)C)C1)CCO2. The second-order valence-electron chi connectivity index (χ2n) is 7.35. The lowest BCUT2D eigenvalue weighted by Crippen LogP contribution is -2.51. The number of fused-ring (bicyclic) bond motifs is 1. The van der Waals surface area contributed by atoms with E-state index in [0.29, 0.717) is 12.6 Å². The summed E-state index contributed by atoms with van der Waals surface area (Å²) in [7, 11) is 4.18. The largest absolute Gasteiger partial charge is 0.493 e. The van der Waals surface area contributed by atoms with Crippen LogP contribution in [0.25, 0.3) is 0 Å². The van der Waals surface area contributed by atoms with E-state index in [2.05, 4.69) is 50.3 Å². The number of likely N-dealkylation sites (N-methyl/N-ethyl adjacent to an activating group) is 1. The van der Waals surface area contributed by atoms with Crippen LogP contribution in [-0.4, -0.2) is 55.7 Å². The summed E-state index contributed by atoms with van der Waals surface area (Å²) in [5.41, 5.74) is 3.48. The van der Waals surface area contributed by atoms with E-state index in [1.807, 2.05) is 4.90 Å². The summed E-state index contributed by atoms with van der Waals surface area (Å²) in [6.07, 6.45) is 3.06. The highest BCUT2D eigenvalue weighted by molar-refractivity contribution is 5.75. The van der Waals surface area contributed by atoms with E-state index >= 15 is 0 Å². The third-order valence-corrected chi connectivity index (χ3v) is 5.19. The molecule has 1 aromatic carbocycles. The van der Waals surface area contributed by atoms with Gasteiger partial charge in [0.15, 0.2) is 0 Å². The van der Waals surface area contributed by atoms with Crippen molar-refractivity contribution in [3.8, 4) is 5.75 Å². The lowest BCUT2D eigenvalue weighted by atomic mass is 9.96. The van der Waals surface area contributed by atoms with E-state index in [1.54, 1.807) is 0 Å². The van der Waals surface area contributed by atoms with E-state index in [9.17, 15) is 4.79 Å². The lowest BCUT2D eigenvalue weighted by Gasteiger charge is -2.37. The quantitative estimate of drug-likeness (QED) is 0.906. The lowest BCUT2D eigenvalue weighted by molar-refractivity contribution is 0.135. The molecule has 0 spiro atoms. The number of carbonyl (C=O) groups is 1. The van der Waals surface area contributed by atoms with Crippen molar-refractivity contribution in [3.05, 3.63) is 28.8 Å². The average molecular weight is 331 g/mol. The number of carbonyl (C=O) groups excluding carboxylic acids is 1. The van der Waals surface area contributed by atoms with Crippen molar-refractivity contribution in [2.45, 2.75) is 45.2 Å². The molecule has 1 aromatic rings. The maximum Gasteiger partial charge on any atom is 0.317 e. The van der Waals surface area contributed by atoms with E-state index in [-0.39, 0.29) is 12.1 Å². The van der Waals surface area contributed by atoms with Crippen molar-refractivity contribution >= 4 is 6.03 Å². The van der Waals surface area contributed by atoms with Crippen molar-refractivity contribution in [2.75, 3.05) is 33.8 Å². The summed E-state index contributed by atoms with van der Waals surface area (Å²) in [6, 6.07) is 4.83. The Labute approximate surface area is 145 Å². The average Bonchev–Trinajstić information content (AvgIpc) is 2.55. The molecule has 0 aliphatic carbocycles. The van der Waals surface area contributed by atoms with Gasteiger partial charge in [-0.2, -0.15) is 0 Å². The molecule has 24 heavy (non-hydrogen) atoms. The van der Waals surface area contributed by atoms with Gasteiger partial charge in [-0.05, 0) is 46.3 Å². The predicted octanol–water partition coefficient (Wildman–Crippen LogP) is 2.86. The van der Waals surface area contributed by atoms with Gasteiger partial charge in [-0.25, -0.2) is 4.79 Å². The van der Waals surface area contributed by atoms with Gasteiger partial charge in [0.25, 0.3) is 0 Å². The molecule has 0 radical (unpaired) electrons. The van der Waals surface area contributed by atoms with E-state index in [0.717, 1.165) is 49.2 Å². The molecular weight excluding hydrogens is 302 g/mol. The van der Waals surface area contributed by atoms with Crippen LogP contribution in [-0.2, 0) is 0 Å². The number of ether oxygens (including phenoxy) is 1. The van der Waals surface area contributed by atoms with Gasteiger partial charge in [0, 0.05) is 31.1 Å². The number of hydrogen-bond donors (Lipinski definition) is 1. The first-order chi connectivity index (χ1) is 11.5. The maximum absolute atomic E-state index is 12.8. The second-order valence-corrected chi connectivity index (χ2v) is 7.35. The number of benzene rings is 1. The van der Waals surface area contributed by atoms with Gasteiger partial charge >= 0.3 is 6.03 Å². The first-order valence-corrected chi connectivity index (χ1v) is 8.91. The fourth-order valence-corrected chi connectivity index (χ4v) is 3.83. The van der Waals surface area contributed by atoms with Crippen LogP contribution >= 0.6 is 0 Å². The van der Waals surface area contributed by atoms with Gasteiger partial charge in [-0.1, -0.05) is 17.7 Å². The molecule has 1 N–H and O–H groups in total. The summed E-state index contributed by atoms with van der Waals surface area (Å²) < 4.78 is 5.84. The molecule has 2 atom stereocenters. The van der Waals surface area contributed by atoms with E-state index < -0.39 is 0 Å². The Morgan fingerprint density at radius 3 is 2.83 bits per heavy atom. The van der Waals surface area contributed by atoms with Crippen molar-refractivity contribution in [1.29, 1.82) is 0 Å². The predicted molar refractivity (Wildman–Crippen MR) is 95.6 cm³/mol. The molecule has 0 bridgehead atoms. The van der Waals surface area contributed by atoms with Gasteiger partial charge in [0.1, 0.15) is 5.75 Å². The zero-order valence-corrected chi connectivity index (χ0v) is 15.3. The van der Waals surface area contributed by atoms with Crippen LogP contribution in [0.4, 0.5) is 4.79 Å². The molecule has 2 aliphatic heterocycles. The van der Waals surface area contributed by atoms with Crippen molar-refractivity contribution in [3.63, 3.8) is 0 Å². The zero-order valence-electron chi connectivity index (χ0n) is 15.3. The Kier molecular flexibility index (Phi) is 4.99. The number of amides is 2. The normalized spacial score (nSPS) is 23.6. The van der Waals surface area contributed by atoms with Gasteiger partial charge in [-0.15, -0.1) is 0 Å². The highest BCUT2D eigenvalue weighted by atomic mass is 16.5. The third kappa shape index (κ3) is 3.51. The Hall–Kier alpha value is -1.75. The van der Waals surface area contributed by atoms with Crippen molar-refractivity contribution in [2.24, 2.45) is 0 Å². The number of urea groups is 1. The summed E-state index contributed by atoms with van der Waals surface area (Å²) in [5.74, 6) is 0.946. The molecular formula is C19H29N3O2. The number of nitrogens with one attached hydrogen (secondary N) is 1. The molecule has 132 valence electrons. The number of piperidine rings is 1. The van der Waals surface area contributed by atoms with Gasteiger partial charge in [0.2, 0.25) is 0 Å². The highest BCUT2D eigenvalue weighted by Gasteiger charge is 2.29. The number of likely N-dealkylation sites (tertiary alicyclic amines) is 1. The van der Waals surface area contributed by atoms with Crippen molar-refractivity contribution < 1.29 is 9.53 Å². The summed E-state index contributed by atoms with van der Waals surface area (Å²) in [4.78, 5) is 17.0. The molecule has 1 saturated heterocycles. The summed E-state index contributed by atoms with van der Waals surface area (Å²) in [6.45, 7) is 6.47. The number of rotatable bonds is 2. The zero-order chi connectivity index (χ0) is 17.3. The minimum Gasteiger partial charge on any atom is -0.493 e. The summed E-state index contributed by atoms with van der Waals surface area (Å²) in [5, 5.41) is 3.25. The molecule has 0 unspecified atom stereocenters. The van der Waals surface area contributed by atoms with Crippen LogP contribution in [0.15, 0.2) is 12.1 Å². The number of hydrogen-bond acceptors (Lipinski definition) is 3. The molecule has 2 amide bonds. The third-order valence-electron chi connectivity index (χ3n) is 5.19. The Morgan fingerprint density at radius 2 is 2.08 bits per heavy atom. The molecule has 2 heterocycles. The molecule has 2 aliphatic rings. The molecule has 1 fully saturated rings. The first-order valence-electron chi connectivity index (χ1n) is 8.91. The smallest absolute Gasteiger partial charge is 0.317 e. The molecule has 5 nitrogen and oxygen atoms in total. The molecule has 0 aromatic heterocycles. The van der Waals surface area contributed by atoms with Gasteiger partial charge in [-0.3, -0.25) is 0 Å². The van der Waals surface area contributed by atoms with Crippen LogP contribution in [0.2, 0.25) is 0 Å². The monoisotopic (exact) mass is 331 g/mol. The van der Waals surface area contributed by atoms with Crippen LogP contribution in [0.3, 0.4) is 0 Å². The fraction of sp³-hybridized carbons (Fsp3) is 0.632. The van der Waals surface area contributed by atoms with Gasteiger partial charge < -0.3 is 19.9 Å². The minimum atomic E-state index is 0.0413. The Balaban J connectivity index is 1.72. The molecule has 0 saturated carbocycles. The Morgan fingerprint density at radius 1 is 1.29 bits per heavy atom. The highest BCUT2D eigenvalue weighted by Crippen LogP contribution is 2.35. The van der Waals surface area contributed by atoms with Gasteiger partial charge in [0.05, 0.1) is 12.6 Å². The van der Waals surface area contributed by atoms with E-state index in [1.165, 1.54) is 5.56 Å². The summed E-state index contributed by atoms with van der Waals surface area (Å²) >= 11 is 0. The second kappa shape index (κ2) is 7.01. The minimum absolute atomic E-state index is 0.0413. The standard InChI is InChI=1S/C19H29N3O2/c1-13-10-14(2)18-16(11-13)17(7-9-24-18)20-19(23)22-8-5-6-15(12-22)21(3)4/h10-11,15,17H,5-9,12H2,1-4H3,(H,20,23)/t15-,17+/m1/s1. The maximum atomic E-state index is 12.8. The molecule has 3 rings (SSSR count). The number of aryl methyl sites for hydroxylation is 2.